The molecule has 0 aliphatic carbocycles. The lowest BCUT2D eigenvalue weighted by Gasteiger charge is -2.16. The van der Waals surface area contributed by atoms with E-state index >= 15 is 0 Å². The second kappa shape index (κ2) is 5.77. The fraction of sp³-hybridized carbons (Fsp3) is 0.100. The van der Waals surface area contributed by atoms with Crippen LogP contribution in [0, 0.1) is 0 Å². The van der Waals surface area contributed by atoms with E-state index in [9.17, 15) is 0 Å². The quantitative estimate of drug-likeness (QED) is 0.611. The Hall–Kier alpha value is 0.0200. The van der Waals surface area contributed by atoms with Crippen LogP contribution in [0.5, 0.6) is 0 Å². The van der Waals surface area contributed by atoms with Crippen LogP contribution in [0.15, 0.2) is 32.7 Å². The van der Waals surface area contributed by atoms with Crippen molar-refractivity contribution in [2.45, 2.75) is 6.04 Å². The molecule has 1 unspecified atom stereocenters. The number of halogens is 3. The Balaban J connectivity index is 2.46. The van der Waals surface area contributed by atoms with Gasteiger partial charge in [-0.15, -0.1) is 11.3 Å². The molecular weight excluding hydrogens is 389 g/mol. The number of thiophene rings is 1. The topological polar surface area (TPSA) is 50.9 Å². The SMILES string of the molecule is NNC(c1ncc(Br)cc1Br)c1sccc1Cl. The predicted octanol–water partition coefficient (Wildman–Crippen LogP) is 3.87. The smallest absolute Gasteiger partial charge is 0.0999 e. The molecule has 3 N–H and O–H groups in total. The van der Waals surface area contributed by atoms with E-state index in [2.05, 4.69) is 42.3 Å². The Morgan fingerprint density at radius 2 is 2.24 bits per heavy atom. The molecule has 17 heavy (non-hydrogen) atoms. The molecule has 2 aromatic heterocycles. The summed E-state index contributed by atoms with van der Waals surface area (Å²) >= 11 is 14.5. The van der Waals surface area contributed by atoms with E-state index in [0.29, 0.717) is 5.02 Å². The molecule has 0 spiro atoms. The van der Waals surface area contributed by atoms with Crippen molar-refractivity contribution in [3.8, 4) is 0 Å². The summed E-state index contributed by atoms with van der Waals surface area (Å²) in [5.41, 5.74) is 3.55. The molecule has 1 atom stereocenters. The summed E-state index contributed by atoms with van der Waals surface area (Å²) in [5.74, 6) is 5.60. The highest BCUT2D eigenvalue weighted by Gasteiger charge is 2.20. The van der Waals surface area contributed by atoms with E-state index in [1.54, 1.807) is 17.5 Å². The first-order chi connectivity index (χ1) is 8.13. The van der Waals surface area contributed by atoms with Crippen LogP contribution in [0.2, 0.25) is 5.02 Å². The molecule has 0 saturated heterocycles. The van der Waals surface area contributed by atoms with Crippen LogP contribution >= 0.6 is 54.8 Å². The van der Waals surface area contributed by atoms with Crippen LogP contribution in [-0.4, -0.2) is 4.98 Å². The second-order valence-electron chi connectivity index (χ2n) is 3.25. The molecule has 2 aromatic rings. The minimum absolute atomic E-state index is 0.218. The van der Waals surface area contributed by atoms with Crippen molar-refractivity contribution in [1.82, 2.24) is 10.4 Å². The van der Waals surface area contributed by atoms with Crippen LogP contribution in [0.1, 0.15) is 16.6 Å². The number of pyridine rings is 1. The zero-order chi connectivity index (χ0) is 12.4. The second-order valence-corrected chi connectivity index (χ2v) is 6.38. The Morgan fingerprint density at radius 1 is 1.47 bits per heavy atom. The van der Waals surface area contributed by atoms with Crippen molar-refractivity contribution in [3.63, 3.8) is 0 Å². The van der Waals surface area contributed by atoms with Crippen molar-refractivity contribution in [2.24, 2.45) is 5.84 Å². The predicted molar refractivity (Wildman–Crippen MR) is 78.1 cm³/mol. The third-order valence-corrected chi connectivity index (χ3v) is 4.68. The lowest BCUT2D eigenvalue weighted by atomic mass is 10.1. The van der Waals surface area contributed by atoms with Gasteiger partial charge in [-0.3, -0.25) is 10.8 Å². The van der Waals surface area contributed by atoms with Gasteiger partial charge in [-0.25, -0.2) is 5.43 Å². The van der Waals surface area contributed by atoms with Crippen LogP contribution in [0.3, 0.4) is 0 Å². The number of hydrazine groups is 1. The van der Waals surface area contributed by atoms with Gasteiger partial charge >= 0.3 is 0 Å². The molecule has 0 aliphatic heterocycles. The molecule has 2 heterocycles. The fourth-order valence-electron chi connectivity index (χ4n) is 1.43. The highest BCUT2D eigenvalue weighted by atomic mass is 79.9. The van der Waals surface area contributed by atoms with Crippen LogP contribution < -0.4 is 11.3 Å². The average molecular weight is 398 g/mol. The Kier molecular flexibility index (Phi) is 4.57. The largest absolute Gasteiger partial charge is 0.270 e. The van der Waals surface area contributed by atoms with E-state index in [1.807, 2.05) is 17.5 Å². The first-order valence-electron chi connectivity index (χ1n) is 4.63. The van der Waals surface area contributed by atoms with E-state index in [-0.39, 0.29) is 6.04 Å². The zero-order valence-corrected chi connectivity index (χ0v) is 13.2. The number of hydrogen-bond acceptors (Lipinski definition) is 4. The maximum atomic E-state index is 6.11. The minimum Gasteiger partial charge on any atom is -0.270 e. The minimum atomic E-state index is -0.218. The standard InChI is InChI=1S/C10H8Br2ClN3S/c11-5-3-6(12)8(15-4-5)9(16-14)10-7(13)1-2-17-10/h1-4,9,16H,14H2. The van der Waals surface area contributed by atoms with Crippen LogP contribution in [-0.2, 0) is 0 Å². The maximum absolute atomic E-state index is 6.11. The van der Waals surface area contributed by atoms with Crippen molar-refractivity contribution in [3.05, 3.63) is 48.2 Å². The van der Waals surface area contributed by atoms with Gasteiger partial charge in [0.05, 0.1) is 16.8 Å². The van der Waals surface area contributed by atoms with E-state index in [4.69, 9.17) is 17.4 Å². The summed E-state index contributed by atoms with van der Waals surface area (Å²) in [6, 6.07) is 3.55. The van der Waals surface area contributed by atoms with Crippen LogP contribution in [0.25, 0.3) is 0 Å². The number of nitrogens with one attached hydrogen (secondary N) is 1. The molecule has 0 aromatic carbocycles. The zero-order valence-electron chi connectivity index (χ0n) is 8.45. The Labute approximate surface area is 125 Å². The van der Waals surface area contributed by atoms with Gasteiger partial charge in [-0.05, 0) is 49.4 Å². The van der Waals surface area contributed by atoms with Crippen molar-refractivity contribution >= 4 is 54.8 Å². The molecule has 0 aliphatic rings. The summed E-state index contributed by atoms with van der Waals surface area (Å²) in [5, 5.41) is 2.61. The number of nitrogens with zero attached hydrogens (tertiary/aromatic N) is 1. The van der Waals surface area contributed by atoms with Crippen molar-refractivity contribution < 1.29 is 0 Å². The van der Waals surface area contributed by atoms with Gasteiger partial charge in [0.15, 0.2) is 0 Å². The van der Waals surface area contributed by atoms with Gasteiger partial charge in [0, 0.05) is 20.0 Å². The highest BCUT2D eigenvalue weighted by Crippen LogP contribution is 2.35. The Bertz CT molecular complexity index is 532. The molecule has 2 rings (SSSR count). The molecule has 0 bridgehead atoms. The summed E-state index contributed by atoms with van der Waals surface area (Å²) < 4.78 is 1.78. The molecule has 0 radical (unpaired) electrons. The van der Waals surface area contributed by atoms with Gasteiger partial charge in [0.1, 0.15) is 0 Å². The number of hydrogen-bond donors (Lipinski definition) is 2. The summed E-state index contributed by atoms with van der Waals surface area (Å²) in [4.78, 5) is 5.31. The molecule has 0 saturated carbocycles. The van der Waals surface area contributed by atoms with Gasteiger partial charge < -0.3 is 0 Å². The van der Waals surface area contributed by atoms with Gasteiger partial charge in [-0.1, -0.05) is 11.6 Å². The molecule has 0 amide bonds. The normalized spacial score (nSPS) is 12.7. The summed E-state index contributed by atoms with van der Waals surface area (Å²) in [7, 11) is 0. The Morgan fingerprint density at radius 3 is 2.76 bits per heavy atom. The number of rotatable bonds is 3. The number of aromatic nitrogens is 1. The van der Waals surface area contributed by atoms with Crippen molar-refractivity contribution in [2.75, 3.05) is 0 Å². The third kappa shape index (κ3) is 2.89. The average Bonchev–Trinajstić information content (AvgIpc) is 2.69. The molecular formula is C10H8Br2ClN3S. The first kappa shape index (κ1) is 13.5. The van der Waals surface area contributed by atoms with Crippen molar-refractivity contribution in [1.29, 1.82) is 0 Å². The van der Waals surface area contributed by atoms with Gasteiger partial charge in [0.25, 0.3) is 0 Å². The van der Waals surface area contributed by atoms with E-state index in [1.165, 1.54) is 0 Å². The molecule has 7 heteroatoms. The summed E-state index contributed by atoms with van der Waals surface area (Å²) in [6.45, 7) is 0. The summed E-state index contributed by atoms with van der Waals surface area (Å²) in [6.07, 6.45) is 1.73. The molecule has 0 fully saturated rings. The van der Waals surface area contributed by atoms with Gasteiger partial charge in [0.2, 0.25) is 0 Å². The third-order valence-electron chi connectivity index (χ3n) is 2.18. The van der Waals surface area contributed by atoms with Crippen LogP contribution in [0.4, 0.5) is 0 Å². The lowest BCUT2D eigenvalue weighted by molar-refractivity contribution is 0.627. The first-order valence-corrected chi connectivity index (χ1v) is 7.47. The van der Waals surface area contributed by atoms with E-state index in [0.717, 1.165) is 19.5 Å². The highest BCUT2D eigenvalue weighted by molar-refractivity contribution is 9.11. The van der Waals surface area contributed by atoms with E-state index < -0.39 is 0 Å². The monoisotopic (exact) mass is 395 g/mol. The maximum Gasteiger partial charge on any atom is 0.0999 e. The lowest BCUT2D eigenvalue weighted by Crippen LogP contribution is -2.29. The number of nitrogens with two attached hydrogens (primary N) is 1. The van der Waals surface area contributed by atoms with Gasteiger partial charge in [-0.2, -0.15) is 0 Å². The fourth-order valence-corrected chi connectivity index (χ4v) is 3.87. The molecule has 90 valence electrons. The molecule has 3 nitrogen and oxygen atoms in total.